The van der Waals surface area contributed by atoms with Gasteiger partial charge in [-0.05, 0) is 50.5 Å². The lowest BCUT2D eigenvalue weighted by atomic mass is 10.1. The lowest BCUT2D eigenvalue weighted by Gasteiger charge is -2.07. The van der Waals surface area contributed by atoms with Crippen molar-refractivity contribution in [3.8, 4) is 5.82 Å². The molecule has 96 valence electrons. The van der Waals surface area contributed by atoms with Crippen LogP contribution in [0.3, 0.4) is 0 Å². The first-order valence-corrected chi connectivity index (χ1v) is 6.69. The van der Waals surface area contributed by atoms with Crippen molar-refractivity contribution in [3.63, 3.8) is 0 Å². The Bertz CT molecular complexity index is 573. The molecule has 0 aliphatic carbocycles. The molecule has 0 amide bonds. The average Bonchev–Trinajstić information content (AvgIpc) is 2.63. The molecule has 0 aliphatic rings. The summed E-state index contributed by atoms with van der Waals surface area (Å²) in [4.78, 5) is 4.54. The number of hydrogen-bond donors (Lipinski definition) is 0. The van der Waals surface area contributed by atoms with Gasteiger partial charge >= 0.3 is 0 Å². The maximum absolute atomic E-state index is 5.90. The van der Waals surface area contributed by atoms with Gasteiger partial charge in [0, 0.05) is 17.3 Å². The van der Waals surface area contributed by atoms with Crippen molar-refractivity contribution >= 4 is 11.6 Å². The predicted molar refractivity (Wildman–Crippen MR) is 74.5 cm³/mol. The van der Waals surface area contributed by atoms with E-state index in [9.17, 15) is 0 Å². The highest BCUT2D eigenvalue weighted by Gasteiger charge is 2.12. The Morgan fingerprint density at radius 2 is 1.94 bits per heavy atom. The summed E-state index contributed by atoms with van der Waals surface area (Å²) in [6, 6.07) is 4.00. The molecule has 0 bridgehead atoms. The van der Waals surface area contributed by atoms with Crippen LogP contribution in [0.1, 0.15) is 35.1 Å². The van der Waals surface area contributed by atoms with Gasteiger partial charge in [0.15, 0.2) is 5.82 Å². The van der Waals surface area contributed by atoms with Crippen LogP contribution in [0, 0.1) is 20.8 Å². The van der Waals surface area contributed by atoms with E-state index in [1.54, 1.807) is 0 Å². The summed E-state index contributed by atoms with van der Waals surface area (Å²) in [5, 5.41) is 4.58. The Labute approximate surface area is 113 Å². The van der Waals surface area contributed by atoms with Gasteiger partial charge in [-0.3, -0.25) is 0 Å². The quantitative estimate of drug-likeness (QED) is 0.794. The lowest BCUT2D eigenvalue weighted by Crippen LogP contribution is -2.04. The number of hydrogen-bond acceptors (Lipinski definition) is 2. The number of alkyl halides is 1. The van der Waals surface area contributed by atoms with Gasteiger partial charge < -0.3 is 0 Å². The second-order valence-corrected chi connectivity index (χ2v) is 4.79. The monoisotopic (exact) mass is 263 g/mol. The third-order valence-corrected chi connectivity index (χ3v) is 3.47. The molecule has 2 aromatic heterocycles. The van der Waals surface area contributed by atoms with E-state index in [1.807, 2.05) is 30.7 Å². The van der Waals surface area contributed by atoms with Gasteiger partial charge in [-0.2, -0.15) is 5.10 Å². The highest BCUT2D eigenvalue weighted by atomic mass is 35.5. The standard InChI is InChI=1S/C14H18ClN3/c1-5-13-10(3)17-18(11(13)4)14-7-12(8-15)6-9(2)16-14/h6-7H,5,8H2,1-4H3. The number of aromatic nitrogens is 3. The summed E-state index contributed by atoms with van der Waals surface area (Å²) in [6.45, 7) is 8.25. The summed E-state index contributed by atoms with van der Waals surface area (Å²) in [7, 11) is 0. The predicted octanol–water partition coefficient (Wildman–Crippen LogP) is 3.49. The van der Waals surface area contributed by atoms with Crippen molar-refractivity contribution in [3.05, 3.63) is 40.3 Å². The summed E-state index contributed by atoms with van der Waals surface area (Å²) >= 11 is 5.90. The first kappa shape index (κ1) is 13.1. The fourth-order valence-electron chi connectivity index (χ4n) is 2.32. The molecule has 0 saturated carbocycles. The van der Waals surface area contributed by atoms with E-state index in [0.29, 0.717) is 5.88 Å². The Hall–Kier alpha value is -1.35. The smallest absolute Gasteiger partial charge is 0.154 e. The third kappa shape index (κ3) is 2.27. The lowest BCUT2D eigenvalue weighted by molar-refractivity contribution is 0.798. The number of pyridine rings is 1. The molecule has 2 aromatic rings. The van der Waals surface area contributed by atoms with Crippen LogP contribution in [0.5, 0.6) is 0 Å². The molecule has 0 saturated heterocycles. The van der Waals surface area contributed by atoms with Crippen molar-refractivity contribution in [2.45, 2.75) is 40.0 Å². The average molecular weight is 264 g/mol. The van der Waals surface area contributed by atoms with Crippen LogP contribution in [-0.2, 0) is 12.3 Å². The fraction of sp³-hybridized carbons (Fsp3) is 0.429. The Balaban J connectivity index is 2.58. The minimum atomic E-state index is 0.496. The molecular weight excluding hydrogens is 246 g/mol. The van der Waals surface area contributed by atoms with Crippen LogP contribution < -0.4 is 0 Å². The van der Waals surface area contributed by atoms with Crippen LogP contribution in [-0.4, -0.2) is 14.8 Å². The van der Waals surface area contributed by atoms with Gasteiger partial charge in [0.2, 0.25) is 0 Å². The largest absolute Gasteiger partial charge is 0.234 e. The van der Waals surface area contributed by atoms with Crippen LogP contribution in [0.15, 0.2) is 12.1 Å². The Morgan fingerprint density at radius 1 is 1.22 bits per heavy atom. The van der Waals surface area contributed by atoms with E-state index >= 15 is 0 Å². The summed E-state index contributed by atoms with van der Waals surface area (Å²) in [5.41, 5.74) is 5.57. The summed E-state index contributed by atoms with van der Waals surface area (Å²) in [5.74, 6) is 1.35. The Kier molecular flexibility index (Phi) is 3.71. The second-order valence-electron chi connectivity index (χ2n) is 4.52. The molecule has 0 spiro atoms. The maximum atomic E-state index is 5.90. The van der Waals surface area contributed by atoms with E-state index in [2.05, 4.69) is 23.9 Å². The first-order valence-electron chi connectivity index (χ1n) is 6.15. The highest BCUT2D eigenvalue weighted by Crippen LogP contribution is 2.19. The molecule has 0 atom stereocenters. The normalized spacial score (nSPS) is 10.9. The zero-order chi connectivity index (χ0) is 13.3. The van der Waals surface area contributed by atoms with Gasteiger partial charge in [-0.25, -0.2) is 9.67 Å². The van der Waals surface area contributed by atoms with Crippen molar-refractivity contribution in [1.29, 1.82) is 0 Å². The van der Waals surface area contributed by atoms with Gasteiger partial charge in [0.25, 0.3) is 0 Å². The molecule has 2 heterocycles. The van der Waals surface area contributed by atoms with Gasteiger partial charge in [0.05, 0.1) is 5.69 Å². The van der Waals surface area contributed by atoms with Gasteiger partial charge in [-0.15, -0.1) is 11.6 Å². The van der Waals surface area contributed by atoms with Gasteiger partial charge in [-0.1, -0.05) is 6.92 Å². The number of rotatable bonds is 3. The molecule has 2 rings (SSSR count). The number of halogens is 1. The number of nitrogens with zero attached hydrogens (tertiary/aromatic N) is 3. The van der Waals surface area contributed by atoms with Crippen LogP contribution in [0.4, 0.5) is 0 Å². The minimum Gasteiger partial charge on any atom is -0.234 e. The van der Waals surface area contributed by atoms with E-state index in [4.69, 9.17) is 11.6 Å². The van der Waals surface area contributed by atoms with E-state index in [1.165, 1.54) is 5.56 Å². The van der Waals surface area contributed by atoms with E-state index in [-0.39, 0.29) is 0 Å². The molecule has 0 N–H and O–H groups in total. The van der Waals surface area contributed by atoms with Crippen molar-refractivity contribution < 1.29 is 0 Å². The zero-order valence-corrected chi connectivity index (χ0v) is 12.0. The van der Waals surface area contributed by atoms with Crippen molar-refractivity contribution in [2.75, 3.05) is 0 Å². The third-order valence-electron chi connectivity index (χ3n) is 3.17. The minimum absolute atomic E-state index is 0.496. The molecule has 0 fully saturated rings. The van der Waals surface area contributed by atoms with Crippen molar-refractivity contribution in [1.82, 2.24) is 14.8 Å². The molecule has 4 heteroatoms. The van der Waals surface area contributed by atoms with Crippen LogP contribution >= 0.6 is 11.6 Å². The second kappa shape index (κ2) is 5.11. The Morgan fingerprint density at radius 3 is 2.50 bits per heavy atom. The maximum Gasteiger partial charge on any atom is 0.154 e. The molecule has 3 nitrogen and oxygen atoms in total. The fourth-order valence-corrected chi connectivity index (χ4v) is 2.47. The van der Waals surface area contributed by atoms with Gasteiger partial charge in [0.1, 0.15) is 0 Å². The van der Waals surface area contributed by atoms with Crippen LogP contribution in [0.25, 0.3) is 5.82 Å². The summed E-state index contributed by atoms with van der Waals surface area (Å²) in [6.07, 6.45) is 0.992. The topological polar surface area (TPSA) is 30.7 Å². The van der Waals surface area contributed by atoms with E-state index in [0.717, 1.165) is 34.9 Å². The molecule has 0 aromatic carbocycles. The molecule has 0 radical (unpaired) electrons. The highest BCUT2D eigenvalue weighted by molar-refractivity contribution is 6.17. The molecular formula is C14H18ClN3. The summed E-state index contributed by atoms with van der Waals surface area (Å²) < 4.78 is 1.91. The molecule has 0 aliphatic heterocycles. The van der Waals surface area contributed by atoms with Crippen molar-refractivity contribution in [2.24, 2.45) is 0 Å². The zero-order valence-electron chi connectivity index (χ0n) is 11.3. The molecule has 0 unspecified atom stereocenters. The SMILES string of the molecule is CCc1c(C)nn(-c2cc(CCl)cc(C)n2)c1C. The first-order chi connectivity index (χ1) is 8.56. The molecule has 18 heavy (non-hydrogen) atoms. The number of aryl methyl sites for hydroxylation is 2. The van der Waals surface area contributed by atoms with Crippen LogP contribution in [0.2, 0.25) is 0 Å². The van der Waals surface area contributed by atoms with E-state index < -0.39 is 0 Å².